The molecule has 0 aliphatic carbocycles. The predicted octanol–water partition coefficient (Wildman–Crippen LogP) is 4.76. The second kappa shape index (κ2) is 11.8. The average Bonchev–Trinajstić information content (AvgIpc) is 2.91. The van der Waals surface area contributed by atoms with Crippen molar-refractivity contribution >= 4 is 17.8 Å². The highest BCUT2D eigenvalue weighted by Crippen LogP contribution is 2.54. The minimum Gasteiger partial charge on any atom is -0.480 e. The van der Waals surface area contributed by atoms with E-state index < -0.39 is 17.0 Å². The number of amides is 1. The molecule has 8 heteroatoms. The summed E-state index contributed by atoms with van der Waals surface area (Å²) in [5.74, 6) is 0.289. The van der Waals surface area contributed by atoms with Crippen molar-refractivity contribution in [1.82, 2.24) is 15.3 Å². The lowest BCUT2D eigenvalue weighted by Crippen LogP contribution is -2.76. The van der Waals surface area contributed by atoms with E-state index in [4.69, 9.17) is 0 Å². The van der Waals surface area contributed by atoms with Crippen molar-refractivity contribution in [2.75, 3.05) is 20.1 Å². The summed E-state index contributed by atoms with van der Waals surface area (Å²) in [4.78, 5) is 39.0. The number of hydrogen-bond donors (Lipinski definition) is 2. The summed E-state index contributed by atoms with van der Waals surface area (Å²) in [7, 11) is 1.66. The van der Waals surface area contributed by atoms with Crippen molar-refractivity contribution < 1.29 is 23.9 Å². The highest BCUT2D eigenvalue weighted by Gasteiger charge is 2.66. The molecule has 3 rings (SSSR count). The average molecular weight is 510 g/mol. The fourth-order valence-corrected chi connectivity index (χ4v) is 5.68. The zero-order chi connectivity index (χ0) is 27.2. The number of aliphatic carboxylic acids is 1. The molecule has 1 aliphatic rings. The van der Waals surface area contributed by atoms with Crippen LogP contribution in [-0.4, -0.2) is 53.1 Å². The molecule has 1 heterocycles. The van der Waals surface area contributed by atoms with Crippen molar-refractivity contribution in [2.45, 2.75) is 58.5 Å². The van der Waals surface area contributed by atoms with Crippen LogP contribution in [-0.2, 0) is 20.0 Å². The standard InChI is InChI=1S/C29H36FN3O4/c1-5-8-18-28(27(36)37)24(20-34)19-32(26(35)9-6-2)33(7-3)29(28,31-4)23-14-10-21(11-15-23)22-12-16-25(30)17-13-22/h10-17,31H,5-9,18-19H2,1-4H3,(H,36,37)/t28-,29+/m1/s1. The van der Waals surface area contributed by atoms with E-state index in [2.05, 4.69) is 5.32 Å². The van der Waals surface area contributed by atoms with E-state index in [0.717, 1.165) is 17.5 Å². The molecule has 198 valence electrons. The van der Waals surface area contributed by atoms with Crippen LogP contribution in [0, 0.1) is 11.2 Å². The van der Waals surface area contributed by atoms with Gasteiger partial charge in [0.1, 0.15) is 22.8 Å². The van der Waals surface area contributed by atoms with E-state index in [9.17, 15) is 23.9 Å². The summed E-state index contributed by atoms with van der Waals surface area (Å²) in [5.41, 5.74) is -0.837. The molecule has 2 atom stereocenters. The number of hydrazine groups is 1. The third kappa shape index (κ3) is 4.73. The SMILES string of the molecule is CCCC[C@]1(C(=O)O)C(=C=O)CN(C(=O)CCC)N(CC)[C@@]1(NC)c1ccc(-c2ccc(F)cc2)cc1. The number of nitrogens with one attached hydrogen (secondary N) is 1. The summed E-state index contributed by atoms with van der Waals surface area (Å²) in [6.45, 7) is 5.94. The molecule has 0 spiro atoms. The molecule has 1 amide bonds. The lowest BCUT2D eigenvalue weighted by atomic mass is 9.62. The molecule has 2 N–H and O–H groups in total. The van der Waals surface area contributed by atoms with Crippen LogP contribution in [0.15, 0.2) is 54.1 Å². The molecule has 2 aromatic carbocycles. The Hall–Kier alpha value is -3.32. The minimum atomic E-state index is -1.67. The summed E-state index contributed by atoms with van der Waals surface area (Å²) in [6, 6.07) is 13.5. The van der Waals surface area contributed by atoms with E-state index in [1.54, 1.807) is 24.2 Å². The Morgan fingerprint density at radius 3 is 2.08 bits per heavy atom. The topological polar surface area (TPSA) is 90.0 Å². The summed E-state index contributed by atoms with van der Waals surface area (Å²) in [5, 5.41) is 17.4. The first-order chi connectivity index (χ1) is 17.8. The number of unbranched alkanes of at least 4 members (excludes halogenated alkanes) is 1. The Kier molecular flexibility index (Phi) is 9.02. The number of rotatable bonds is 10. The summed E-state index contributed by atoms with van der Waals surface area (Å²) in [6.07, 6.45) is 2.37. The van der Waals surface area contributed by atoms with Gasteiger partial charge in [-0.15, -0.1) is 0 Å². The molecular weight excluding hydrogens is 473 g/mol. The first kappa shape index (κ1) is 28.3. The van der Waals surface area contributed by atoms with Gasteiger partial charge in [-0.2, -0.15) is 5.01 Å². The van der Waals surface area contributed by atoms with Gasteiger partial charge in [-0.25, -0.2) is 9.18 Å². The third-order valence-corrected chi connectivity index (χ3v) is 7.41. The van der Waals surface area contributed by atoms with Gasteiger partial charge in [0.05, 0.1) is 12.1 Å². The van der Waals surface area contributed by atoms with Gasteiger partial charge in [-0.05, 0) is 48.7 Å². The molecule has 1 aliphatic heterocycles. The highest BCUT2D eigenvalue weighted by atomic mass is 19.1. The van der Waals surface area contributed by atoms with Gasteiger partial charge in [0.25, 0.3) is 0 Å². The third-order valence-electron chi connectivity index (χ3n) is 7.41. The van der Waals surface area contributed by atoms with Crippen molar-refractivity contribution in [3.8, 4) is 11.1 Å². The van der Waals surface area contributed by atoms with E-state index in [1.165, 1.54) is 17.1 Å². The van der Waals surface area contributed by atoms with Crippen LogP contribution in [0.2, 0.25) is 0 Å². The Bertz CT molecular complexity index is 1160. The molecule has 0 aromatic heterocycles. The van der Waals surface area contributed by atoms with Crippen LogP contribution in [0.4, 0.5) is 4.39 Å². The minimum absolute atomic E-state index is 0.0413. The number of carboxylic acids is 1. The number of hydrogen-bond acceptors (Lipinski definition) is 5. The number of carbonyl (C=O) groups excluding carboxylic acids is 2. The van der Waals surface area contributed by atoms with Crippen molar-refractivity contribution in [1.29, 1.82) is 0 Å². The maximum Gasteiger partial charge on any atom is 0.318 e. The van der Waals surface area contributed by atoms with Crippen molar-refractivity contribution in [2.24, 2.45) is 5.41 Å². The first-order valence-corrected chi connectivity index (χ1v) is 12.9. The van der Waals surface area contributed by atoms with Gasteiger partial charge in [0.2, 0.25) is 5.91 Å². The van der Waals surface area contributed by atoms with Crippen molar-refractivity contribution in [3.05, 3.63) is 65.5 Å². The maximum absolute atomic E-state index is 13.4. The van der Waals surface area contributed by atoms with Crippen LogP contribution in [0.5, 0.6) is 0 Å². The van der Waals surface area contributed by atoms with Gasteiger partial charge in [-0.3, -0.25) is 19.9 Å². The van der Waals surface area contributed by atoms with Gasteiger partial charge >= 0.3 is 5.97 Å². The quantitative estimate of drug-likeness (QED) is 0.449. The van der Waals surface area contributed by atoms with Crippen LogP contribution >= 0.6 is 0 Å². The summed E-state index contributed by atoms with van der Waals surface area (Å²) < 4.78 is 13.4. The van der Waals surface area contributed by atoms with Crippen LogP contribution in [0.25, 0.3) is 11.1 Å². The van der Waals surface area contributed by atoms with Gasteiger partial charge < -0.3 is 5.11 Å². The largest absolute Gasteiger partial charge is 0.480 e. The van der Waals surface area contributed by atoms with Crippen LogP contribution < -0.4 is 5.32 Å². The Morgan fingerprint density at radius 2 is 1.62 bits per heavy atom. The van der Waals surface area contributed by atoms with E-state index in [1.807, 2.05) is 51.0 Å². The Balaban J connectivity index is 2.32. The number of halogens is 1. The summed E-state index contributed by atoms with van der Waals surface area (Å²) >= 11 is 0. The number of carbonyl (C=O) groups is 2. The lowest BCUT2D eigenvalue weighted by Gasteiger charge is -2.60. The predicted molar refractivity (Wildman–Crippen MR) is 140 cm³/mol. The molecule has 37 heavy (non-hydrogen) atoms. The van der Waals surface area contributed by atoms with Crippen LogP contribution in [0.3, 0.4) is 0 Å². The molecule has 0 radical (unpaired) electrons. The second-order valence-electron chi connectivity index (χ2n) is 9.36. The fraction of sp³-hybridized carbons (Fsp3) is 0.448. The molecule has 7 nitrogen and oxygen atoms in total. The normalized spacial score (nSPS) is 22.1. The monoisotopic (exact) mass is 509 g/mol. The van der Waals surface area contributed by atoms with Crippen molar-refractivity contribution in [3.63, 3.8) is 0 Å². The van der Waals surface area contributed by atoms with E-state index in [0.29, 0.717) is 24.9 Å². The first-order valence-electron chi connectivity index (χ1n) is 12.9. The molecule has 0 saturated carbocycles. The number of nitrogens with zero attached hydrogens (tertiary/aromatic N) is 2. The fourth-order valence-electron chi connectivity index (χ4n) is 5.68. The zero-order valence-electron chi connectivity index (χ0n) is 22.0. The van der Waals surface area contributed by atoms with Gasteiger partial charge in [0.15, 0.2) is 0 Å². The lowest BCUT2D eigenvalue weighted by molar-refractivity contribution is -0.214. The second-order valence-corrected chi connectivity index (χ2v) is 9.36. The molecule has 1 fully saturated rings. The Morgan fingerprint density at radius 1 is 1.03 bits per heavy atom. The smallest absolute Gasteiger partial charge is 0.318 e. The molecule has 0 unspecified atom stereocenters. The van der Waals surface area contributed by atoms with E-state index >= 15 is 0 Å². The molecule has 0 bridgehead atoms. The molecule has 2 aromatic rings. The number of carboxylic acid groups (broad SMARTS) is 1. The van der Waals surface area contributed by atoms with Gasteiger partial charge in [0, 0.05) is 13.0 Å². The molecule has 1 saturated heterocycles. The Labute approximate surface area is 217 Å². The highest BCUT2D eigenvalue weighted by molar-refractivity contribution is 5.87. The van der Waals surface area contributed by atoms with Crippen LogP contribution in [0.1, 0.15) is 58.4 Å². The molecular formula is C29H36FN3O4. The van der Waals surface area contributed by atoms with E-state index in [-0.39, 0.29) is 36.7 Å². The number of benzene rings is 2. The maximum atomic E-state index is 13.4. The van der Waals surface area contributed by atoms with Gasteiger partial charge in [-0.1, -0.05) is 70.0 Å². The zero-order valence-corrected chi connectivity index (χ0v) is 22.0.